The highest BCUT2D eigenvalue weighted by atomic mass is 16.3. The molecule has 0 amide bonds. The molecular formula is C11H24N2O. The van der Waals surface area contributed by atoms with Gasteiger partial charge in [-0.25, -0.2) is 0 Å². The van der Waals surface area contributed by atoms with Crippen molar-refractivity contribution in [2.75, 3.05) is 27.2 Å². The lowest BCUT2D eigenvalue weighted by molar-refractivity contribution is 0.0793. The van der Waals surface area contributed by atoms with E-state index in [2.05, 4.69) is 0 Å². The normalized spacial score (nSPS) is 22.9. The first kappa shape index (κ1) is 12.0. The van der Waals surface area contributed by atoms with E-state index >= 15 is 0 Å². The maximum atomic E-state index is 9.88. The second-order valence-electron chi connectivity index (χ2n) is 5.03. The Bertz CT molecular complexity index is 165. The second kappa shape index (κ2) is 5.10. The molecule has 3 nitrogen and oxygen atoms in total. The fraction of sp³-hybridized carbons (Fsp3) is 1.00. The summed E-state index contributed by atoms with van der Waals surface area (Å²) >= 11 is 0. The molecule has 1 rings (SSSR count). The number of hydrogen-bond acceptors (Lipinski definition) is 3. The Morgan fingerprint density at radius 2 is 1.93 bits per heavy atom. The Morgan fingerprint density at radius 3 is 2.36 bits per heavy atom. The van der Waals surface area contributed by atoms with Crippen molar-refractivity contribution in [3.8, 4) is 0 Å². The van der Waals surface area contributed by atoms with Gasteiger partial charge in [0.1, 0.15) is 0 Å². The molecule has 0 heterocycles. The zero-order valence-electron chi connectivity index (χ0n) is 9.50. The molecule has 1 atom stereocenters. The van der Waals surface area contributed by atoms with Gasteiger partial charge in [0.2, 0.25) is 0 Å². The van der Waals surface area contributed by atoms with E-state index in [-0.39, 0.29) is 11.5 Å². The third kappa shape index (κ3) is 3.23. The van der Waals surface area contributed by atoms with E-state index in [0.29, 0.717) is 0 Å². The smallest absolute Gasteiger partial charge is 0.0672 e. The third-order valence-electron chi connectivity index (χ3n) is 3.34. The Morgan fingerprint density at radius 1 is 1.36 bits per heavy atom. The van der Waals surface area contributed by atoms with E-state index in [1.165, 1.54) is 25.7 Å². The van der Waals surface area contributed by atoms with Gasteiger partial charge in [0, 0.05) is 6.54 Å². The number of likely N-dealkylation sites (N-methyl/N-ethyl adjacent to an activating group) is 1. The molecule has 84 valence electrons. The topological polar surface area (TPSA) is 49.5 Å². The summed E-state index contributed by atoms with van der Waals surface area (Å²) < 4.78 is 0. The van der Waals surface area contributed by atoms with Gasteiger partial charge in [-0.15, -0.1) is 0 Å². The van der Waals surface area contributed by atoms with Crippen molar-refractivity contribution in [1.82, 2.24) is 4.90 Å². The molecular weight excluding hydrogens is 176 g/mol. The maximum Gasteiger partial charge on any atom is 0.0672 e. The minimum Gasteiger partial charge on any atom is -0.392 e. The lowest BCUT2D eigenvalue weighted by Crippen LogP contribution is -2.36. The highest BCUT2D eigenvalue weighted by molar-refractivity contribution is 4.87. The molecule has 3 heteroatoms. The third-order valence-corrected chi connectivity index (χ3v) is 3.34. The van der Waals surface area contributed by atoms with Crippen molar-refractivity contribution in [1.29, 1.82) is 0 Å². The number of nitrogens with two attached hydrogens (primary N) is 1. The Kier molecular flexibility index (Phi) is 4.35. The first-order chi connectivity index (χ1) is 6.58. The standard InChI is InChI=1S/C11H24N2O/c1-13(2)8-10(14)7-11(9-12)5-3-4-6-11/h10,14H,3-9,12H2,1-2H3. The summed E-state index contributed by atoms with van der Waals surface area (Å²) in [6.07, 6.45) is 5.63. The Balaban J connectivity index is 2.39. The monoisotopic (exact) mass is 200 g/mol. The molecule has 0 aromatic carbocycles. The Labute approximate surface area is 87.3 Å². The van der Waals surface area contributed by atoms with Crippen LogP contribution in [-0.4, -0.2) is 43.3 Å². The fourth-order valence-corrected chi connectivity index (χ4v) is 2.60. The van der Waals surface area contributed by atoms with Crippen molar-refractivity contribution in [3.63, 3.8) is 0 Å². The van der Waals surface area contributed by atoms with Crippen LogP contribution in [0.5, 0.6) is 0 Å². The number of aliphatic hydroxyl groups excluding tert-OH is 1. The van der Waals surface area contributed by atoms with Crippen LogP contribution in [0.2, 0.25) is 0 Å². The van der Waals surface area contributed by atoms with Crippen molar-refractivity contribution >= 4 is 0 Å². The van der Waals surface area contributed by atoms with Crippen molar-refractivity contribution in [2.45, 2.75) is 38.2 Å². The van der Waals surface area contributed by atoms with Crippen LogP contribution in [0, 0.1) is 5.41 Å². The van der Waals surface area contributed by atoms with E-state index in [4.69, 9.17) is 5.73 Å². The van der Waals surface area contributed by atoms with Crippen molar-refractivity contribution < 1.29 is 5.11 Å². The highest BCUT2D eigenvalue weighted by Crippen LogP contribution is 2.40. The molecule has 1 fully saturated rings. The predicted octanol–water partition coefficient (Wildman–Crippen LogP) is 0.818. The molecule has 0 radical (unpaired) electrons. The van der Waals surface area contributed by atoms with Gasteiger partial charge < -0.3 is 15.7 Å². The van der Waals surface area contributed by atoms with Gasteiger partial charge in [-0.2, -0.15) is 0 Å². The van der Waals surface area contributed by atoms with Crippen molar-refractivity contribution in [3.05, 3.63) is 0 Å². The summed E-state index contributed by atoms with van der Waals surface area (Å²) in [5.41, 5.74) is 6.07. The molecule has 1 aliphatic rings. The zero-order chi connectivity index (χ0) is 10.6. The average molecular weight is 200 g/mol. The minimum atomic E-state index is -0.216. The van der Waals surface area contributed by atoms with Crippen molar-refractivity contribution in [2.24, 2.45) is 11.1 Å². The number of rotatable bonds is 5. The summed E-state index contributed by atoms with van der Waals surface area (Å²) in [5, 5.41) is 9.88. The number of nitrogens with zero attached hydrogens (tertiary/aromatic N) is 1. The van der Waals surface area contributed by atoms with Crippen LogP contribution < -0.4 is 5.73 Å². The number of aliphatic hydroxyl groups is 1. The van der Waals surface area contributed by atoms with Crippen LogP contribution in [-0.2, 0) is 0 Å². The summed E-state index contributed by atoms with van der Waals surface area (Å²) in [5.74, 6) is 0. The Hall–Kier alpha value is -0.120. The van der Waals surface area contributed by atoms with Gasteiger partial charge in [0.25, 0.3) is 0 Å². The molecule has 0 aliphatic heterocycles. The van der Waals surface area contributed by atoms with Crippen LogP contribution in [0.3, 0.4) is 0 Å². The SMILES string of the molecule is CN(C)CC(O)CC1(CN)CCCC1. The highest BCUT2D eigenvalue weighted by Gasteiger charge is 2.34. The van der Waals surface area contributed by atoms with Crippen LogP contribution in [0.4, 0.5) is 0 Å². The van der Waals surface area contributed by atoms with E-state index in [1.807, 2.05) is 19.0 Å². The molecule has 0 aromatic heterocycles. The first-order valence-electron chi connectivity index (χ1n) is 5.61. The molecule has 0 aromatic rings. The second-order valence-corrected chi connectivity index (χ2v) is 5.03. The summed E-state index contributed by atoms with van der Waals surface area (Å²) in [6.45, 7) is 1.49. The molecule has 1 aliphatic carbocycles. The van der Waals surface area contributed by atoms with Gasteiger partial charge in [-0.3, -0.25) is 0 Å². The van der Waals surface area contributed by atoms with Crippen LogP contribution in [0.1, 0.15) is 32.1 Å². The summed E-state index contributed by atoms with van der Waals surface area (Å²) in [6, 6.07) is 0. The van der Waals surface area contributed by atoms with Crippen LogP contribution in [0.15, 0.2) is 0 Å². The quantitative estimate of drug-likeness (QED) is 0.691. The number of hydrogen-bond donors (Lipinski definition) is 2. The predicted molar refractivity (Wildman–Crippen MR) is 59.1 cm³/mol. The van der Waals surface area contributed by atoms with Gasteiger partial charge in [0.05, 0.1) is 6.10 Å². The largest absolute Gasteiger partial charge is 0.392 e. The van der Waals surface area contributed by atoms with E-state index in [9.17, 15) is 5.11 Å². The van der Waals surface area contributed by atoms with Crippen LogP contribution >= 0.6 is 0 Å². The molecule has 14 heavy (non-hydrogen) atoms. The fourth-order valence-electron chi connectivity index (χ4n) is 2.60. The minimum absolute atomic E-state index is 0.216. The molecule has 0 bridgehead atoms. The van der Waals surface area contributed by atoms with E-state index in [0.717, 1.165) is 19.5 Å². The zero-order valence-corrected chi connectivity index (χ0v) is 9.50. The maximum absolute atomic E-state index is 9.88. The first-order valence-corrected chi connectivity index (χ1v) is 5.61. The van der Waals surface area contributed by atoms with Gasteiger partial charge in [0.15, 0.2) is 0 Å². The van der Waals surface area contributed by atoms with Gasteiger partial charge >= 0.3 is 0 Å². The average Bonchev–Trinajstić information content (AvgIpc) is 2.52. The lowest BCUT2D eigenvalue weighted by Gasteiger charge is -2.30. The van der Waals surface area contributed by atoms with E-state index < -0.39 is 0 Å². The molecule has 1 unspecified atom stereocenters. The molecule has 0 saturated heterocycles. The summed E-state index contributed by atoms with van der Waals surface area (Å²) in [4.78, 5) is 2.03. The lowest BCUT2D eigenvalue weighted by atomic mass is 9.80. The molecule has 1 saturated carbocycles. The van der Waals surface area contributed by atoms with Gasteiger partial charge in [-0.1, -0.05) is 12.8 Å². The summed E-state index contributed by atoms with van der Waals surface area (Å²) in [7, 11) is 3.99. The van der Waals surface area contributed by atoms with E-state index in [1.54, 1.807) is 0 Å². The van der Waals surface area contributed by atoms with Gasteiger partial charge in [-0.05, 0) is 45.3 Å². The molecule has 3 N–H and O–H groups in total. The van der Waals surface area contributed by atoms with Crippen LogP contribution in [0.25, 0.3) is 0 Å². The molecule has 0 spiro atoms.